The molecular formula is C27H28N4O3. The van der Waals surface area contributed by atoms with Crippen molar-refractivity contribution < 1.29 is 14.3 Å². The minimum absolute atomic E-state index is 0.243. The van der Waals surface area contributed by atoms with Gasteiger partial charge in [-0.15, -0.1) is 6.58 Å². The topological polar surface area (TPSA) is 78.3 Å². The number of benzene rings is 2. The molecule has 2 heterocycles. The van der Waals surface area contributed by atoms with E-state index in [9.17, 15) is 4.79 Å². The number of rotatable bonds is 10. The first kappa shape index (κ1) is 23.0. The monoisotopic (exact) mass is 456 g/mol. The number of nitrogens with one attached hydrogen (secondary N) is 1. The fourth-order valence-electron chi connectivity index (χ4n) is 3.86. The number of amides is 1. The van der Waals surface area contributed by atoms with Crippen molar-refractivity contribution in [2.75, 3.05) is 13.7 Å². The Morgan fingerprint density at radius 2 is 1.97 bits per heavy atom. The third-order valence-corrected chi connectivity index (χ3v) is 5.50. The van der Waals surface area contributed by atoms with Crippen molar-refractivity contribution >= 4 is 16.9 Å². The average Bonchev–Trinajstić information content (AvgIpc) is 3.24. The summed E-state index contributed by atoms with van der Waals surface area (Å²) in [7, 11) is 1.63. The van der Waals surface area contributed by atoms with E-state index in [4.69, 9.17) is 14.5 Å². The molecule has 1 amide bonds. The second-order valence-electron chi connectivity index (χ2n) is 7.85. The molecule has 7 heteroatoms. The van der Waals surface area contributed by atoms with Crippen LogP contribution in [0.2, 0.25) is 0 Å². The Bertz CT molecular complexity index is 1280. The number of pyridine rings is 1. The van der Waals surface area contributed by atoms with E-state index in [0.717, 1.165) is 28.8 Å². The highest BCUT2D eigenvalue weighted by atomic mass is 16.5. The Balaban J connectivity index is 1.52. The number of carbonyl (C=O) groups excluding carboxylic acids is 1. The normalized spacial score (nSPS) is 11.7. The smallest absolute Gasteiger partial charge is 0.270 e. The molecular weight excluding hydrogens is 428 g/mol. The Kier molecular flexibility index (Phi) is 7.22. The number of aromatic nitrogens is 3. The van der Waals surface area contributed by atoms with Crippen molar-refractivity contribution in [1.82, 2.24) is 19.9 Å². The number of hydrogen-bond donors (Lipinski definition) is 1. The molecule has 1 unspecified atom stereocenters. The lowest BCUT2D eigenvalue weighted by molar-refractivity contribution is 0.0932. The van der Waals surface area contributed by atoms with Gasteiger partial charge in [0.1, 0.15) is 18.1 Å². The molecule has 7 nitrogen and oxygen atoms in total. The lowest BCUT2D eigenvalue weighted by Crippen LogP contribution is -2.29. The Morgan fingerprint density at radius 3 is 2.74 bits per heavy atom. The largest absolute Gasteiger partial charge is 0.493 e. The summed E-state index contributed by atoms with van der Waals surface area (Å²) in [6.07, 6.45) is 4.22. The van der Waals surface area contributed by atoms with Crippen LogP contribution in [0.3, 0.4) is 0 Å². The van der Waals surface area contributed by atoms with Gasteiger partial charge in [-0.3, -0.25) is 9.78 Å². The molecule has 34 heavy (non-hydrogen) atoms. The maximum atomic E-state index is 12.6. The number of para-hydroxylation sites is 2. The summed E-state index contributed by atoms with van der Waals surface area (Å²) in [5.74, 6) is 1.87. The van der Waals surface area contributed by atoms with Crippen LogP contribution in [0.15, 0.2) is 79.5 Å². The summed E-state index contributed by atoms with van der Waals surface area (Å²) < 4.78 is 13.7. The van der Waals surface area contributed by atoms with Gasteiger partial charge in [-0.25, -0.2) is 4.98 Å². The number of imidazole rings is 1. The molecule has 4 aromatic rings. The average molecular weight is 457 g/mol. The van der Waals surface area contributed by atoms with E-state index < -0.39 is 0 Å². The van der Waals surface area contributed by atoms with Gasteiger partial charge in [0, 0.05) is 6.20 Å². The maximum absolute atomic E-state index is 12.6. The fraction of sp³-hybridized carbons (Fsp3) is 0.222. The van der Waals surface area contributed by atoms with Gasteiger partial charge in [-0.05, 0) is 55.3 Å². The second kappa shape index (κ2) is 10.7. The van der Waals surface area contributed by atoms with Crippen LogP contribution in [0.5, 0.6) is 11.5 Å². The van der Waals surface area contributed by atoms with Gasteiger partial charge in [-0.2, -0.15) is 0 Å². The first-order chi connectivity index (χ1) is 16.6. The quantitative estimate of drug-likeness (QED) is 0.349. The standard InChI is InChI=1S/C27H28N4O3/c1-4-9-20-13-14-24(25(18-20)33-3)34-17-16-31-23-12-6-5-10-21(23)30-26(31)19(2)29-27(32)22-11-7-8-15-28-22/h4-8,10-15,18-19H,1,9,16-17H2,2-3H3,(H,29,32). The molecule has 4 rings (SSSR count). The molecule has 0 fully saturated rings. The lowest BCUT2D eigenvalue weighted by atomic mass is 10.1. The van der Waals surface area contributed by atoms with E-state index in [1.807, 2.05) is 55.5 Å². The molecule has 2 aromatic carbocycles. The zero-order valence-electron chi connectivity index (χ0n) is 19.4. The minimum atomic E-state index is -0.324. The van der Waals surface area contributed by atoms with Crippen LogP contribution in [0.4, 0.5) is 0 Å². The zero-order chi connectivity index (χ0) is 23.9. The molecule has 0 saturated heterocycles. The van der Waals surface area contributed by atoms with Crippen LogP contribution in [0, 0.1) is 0 Å². The third-order valence-electron chi connectivity index (χ3n) is 5.50. The minimum Gasteiger partial charge on any atom is -0.493 e. The van der Waals surface area contributed by atoms with Crippen LogP contribution in [-0.2, 0) is 13.0 Å². The summed E-state index contributed by atoms with van der Waals surface area (Å²) in [6.45, 7) is 6.66. The van der Waals surface area contributed by atoms with E-state index in [0.29, 0.717) is 30.3 Å². The number of carbonyl (C=O) groups is 1. The number of hydrogen-bond acceptors (Lipinski definition) is 5. The molecule has 2 aromatic heterocycles. The van der Waals surface area contributed by atoms with E-state index >= 15 is 0 Å². The van der Waals surface area contributed by atoms with Gasteiger partial charge in [0.25, 0.3) is 5.91 Å². The fourth-order valence-corrected chi connectivity index (χ4v) is 3.86. The van der Waals surface area contributed by atoms with Gasteiger partial charge in [0.05, 0.1) is 30.7 Å². The van der Waals surface area contributed by atoms with Gasteiger partial charge in [0.2, 0.25) is 0 Å². The number of ether oxygens (including phenoxy) is 2. The van der Waals surface area contributed by atoms with E-state index in [1.54, 1.807) is 31.5 Å². The van der Waals surface area contributed by atoms with Crippen LogP contribution < -0.4 is 14.8 Å². The first-order valence-corrected chi connectivity index (χ1v) is 11.2. The van der Waals surface area contributed by atoms with Crippen LogP contribution in [-0.4, -0.2) is 34.2 Å². The van der Waals surface area contributed by atoms with Crippen LogP contribution in [0.1, 0.15) is 34.8 Å². The number of nitrogens with zero attached hydrogens (tertiary/aromatic N) is 3. The molecule has 0 bridgehead atoms. The van der Waals surface area contributed by atoms with E-state index in [1.165, 1.54) is 0 Å². The van der Waals surface area contributed by atoms with Crippen molar-refractivity contribution in [3.8, 4) is 11.5 Å². The van der Waals surface area contributed by atoms with Gasteiger partial charge < -0.3 is 19.4 Å². The highest BCUT2D eigenvalue weighted by Gasteiger charge is 2.19. The Morgan fingerprint density at radius 1 is 1.15 bits per heavy atom. The molecule has 0 spiro atoms. The summed E-state index contributed by atoms with van der Waals surface area (Å²) in [6, 6.07) is 18.7. The molecule has 1 N–H and O–H groups in total. The van der Waals surface area contributed by atoms with Crippen LogP contribution >= 0.6 is 0 Å². The molecule has 0 aliphatic heterocycles. The summed E-state index contributed by atoms with van der Waals surface area (Å²) in [5, 5.41) is 3.00. The van der Waals surface area contributed by atoms with Gasteiger partial charge in [-0.1, -0.05) is 30.3 Å². The molecule has 0 aliphatic carbocycles. The molecule has 0 aliphatic rings. The van der Waals surface area contributed by atoms with Gasteiger partial charge in [0.15, 0.2) is 11.5 Å². The van der Waals surface area contributed by atoms with Crippen molar-refractivity contribution in [2.45, 2.75) is 25.9 Å². The zero-order valence-corrected chi connectivity index (χ0v) is 19.4. The summed E-state index contributed by atoms with van der Waals surface area (Å²) in [4.78, 5) is 21.6. The summed E-state index contributed by atoms with van der Waals surface area (Å²) >= 11 is 0. The predicted octanol–water partition coefficient (Wildman–Crippen LogP) is 4.74. The van der Waals surface area contributed by atoms with Crippen molar-refractivity contribution in [3.05, 3.63) is 96.6 Å². The van der Waals surface area contributed by atoms with E-state index in [2.05, 4.69) is 21.4 Å². The lowest BCUT2D eigenvalue weighted by Gasteiger charge is -2.17. The highest BCUT2D eigenvalue weighted by Crippen LogP contribution is 2.29. The van der Waals surface area contributed by atoms with Crippen molar-refractivity contribution in [3.63, 3.8) is 0 Å². The molecule has 0 saturated carbocycles. The first-order valence-electron chi connectivity index (χ1n) is 11.2. The molecule has 0 radical (unpaired) electrons. The van der Waals surface area contributed by atoms with Gasteiger partial charge >= 0.3 is 0 Å². The maximum Gasteiger partial charge on any atom is 0.270 e. The predicted molar refractivity (Wildman–Crippen MR) is 132 cm³/mol. The Hall–Kier alpha value is -4.13. The van der Waals surface area contributed by atoms with Crippen molar-refractivity contribution in [1.29, 1.82) is 0 Å². The van der Waals surface area contributed by atoms with E-state index in [-0.39, 0.29) is 11.9 Å². The second-order valence-corrected chi connectivity index (χ2v) is 7.85. The number of methoxy groups -OCH3 is 1. The van der Waals surface area contributed by atoms with Crippen LogP contribution in [0.25, 0.3) is 11.0 Å². The molecule has 174 valence electrons. The molecule has 1 atom stereocenters. The number of fused-ring (bicyclic) bond motifs is 1. The van der Waals surface area contributed by atoms with Crippen molar-refractivity contribution in [2.24, 2.45) is 0 Å². The number of allylic oxidation sites excluding steroid dienone is 1. The Labute approximate surface area is 199 Å². The third kappa shape index (κ3) is 5.09. The highest BCUT2D eigenvalue weighted by molar-refractivity contribution is 5.92. The summed E-state index contributed by atoms with van der Waals surface area (Å²) in [5.41, 5.74) is 3.32. The SMILES string of the molecule is C=CCc1ccc(OCCn2c(C(C)NC(=O)c3ccccn3)nc3ccccc32)c(OC)c1.